The Morgan fingerprint density at radius 3 is 1.90 bits per heavy atom. The summed E-state index contributed by atoms with van der Waals surface area (Å²) in [4.78, 5) is 0. The molecule has 20 heavy (non-hydrogen) atoms. The Balaban J connectivity index is 0.00000172. The van der Waals surface area contributed by atoms with Crippen LogP contribution in [0.25, 0.3) is 0 Å². The minimum absolute atomic E-state index is 0.275. The van der Waals surface area contributed by atoms with Crippen molar-refractivity contribution in [3.8, 4) is 17.2 Å². The molecule has 0 saturated heterocycles. The van der Waals surface area contributed by atoms with E-state index in [2.05, 4.69) is 10.3 Å². The van der Waals surface area contributed by atoms with Gasteiger partial charge in [-0.05, 0) is 12.1 Å². The lowest BCUT2D eigenvalue weighted by Crippen LogP contribution is -2.07. The lowest BCUT2D eigenvalue weighted by Gasteiger charge is -2.13. The van der Waals surface area contributed by atoms with E-state index in [9.17, 15) is 0 Å². The van der Waals surface area contributed by atoms with Crippen LogP contribution in [0.3, 0.4) is 0 Å². The van der Waals surface area contributed by atoms with Gasteiger partial charge in [0, 0.05) is 5.56 Å². The second kappa shape index (κ2) is 9.48. The first-order valence-corrected chi connectivity index (χ1v) is 5.97. The number of rotatable bonds is 5. The molecule has 1 rings (SSSR count). The molecule has 0 aliphatic heterocycles. The lowest BCUT2D eigenvalue weighted by molar-refractivity contribution is 0.322. The monoisotopic (exact) mass is 283 g/mol. The first-order chi connectivity index (χ1) is 9.71. The summed E-state index contributed by atoms with van der Waals surface area (Å²) in [5.41, 5.74) is 0.849. The van der Waals surface area contributed by atoms with E-state index in [1.54, 1.807) is 12.1 Å². The van der Waals surface area contributed by atoms with Crippen LogP contribution in [-0.2, 0) is 0 Å². The molecule has 1 aromatic carbocycles. The molecule has 0 unspecified atom stereocenters. The average molecular weight is 283 g/mol. The van der Waals surface area contributed by atoms with E-state index >= 15 is 0 Å². The summed E-state index contributed by atoms with van der Waals surface area (Å²) in [6, 6.07) is 3.30. The van der Waals surface area contributed by atoms with Gasteiger partial charge in [0.05, 0.1) is 27.5 Å². The van der Waals surface area contributed by atoms with Crippen LogP contribution in [0.15, 0.2) is 22.4 Å². The van der Waals surface area contributed by atoms with Crippen LogP contribution < -0.4 is 20.1 Å². The van der Waals surface area contributed by atoms with E-state index in [4.69, 9.17) is 25.3 Å². The largest absolute Gasteiger partial charge is 0.493 e. The maximum atomic E-state index is 8.53. The quantitative estimate of drug-likeness (QED) is 0.372. The Hall–Kier alpha value is -2.44. The van der Waals surface area contributed by atoms with Gasteiger partial charge >= 0.3 is 0 Å². The Kier molecular flexibility index (Phi) is 8.33. The molecule has 1 aromatic rings. The first-order valence-electron chi connectivity index (χ1n) is 5.97. The molecule has 0 aliphatic carbocycles. The van der Waals surface area contributed by atoms with Crippen LogP contribution >= 0.6 is 0 Å². The summed E-state index contributed by atoms with van der Waals surface area (Å²) >= 11 is 0. The number of nitrogens with two attached hydrogens (primary N) is 1. The number of nitrogens with zero attached hydrogens (tertiary/aromatic N) is 2. The molecule has 0 fully saturated rings. The second-order valence-electron chi connectivity index (χ2n) is 3.17. The zero-order valence-corrected chi connectivity index (χ0v) is 12.4. The SMILES string of the molecule is CC.COc1cc(C(/C=N/O)=N/N)cc(OC)c1OC. The lowest BCUT2D eigenvalue weighted by atomic mass is 10.1. The maximum Gasteiger partial charge on any atom is 0.203 e. The topological polar surface area (TPSA) is 98.7 Å². The minimum Gasteiger partial charge on any atom is -0.493 e. The Labute approximate surface area is 118 Å². The van der Waals surface area contributed by atoms with E-state index in [1.807, 2.05) is 13.8 Å². The molecule has 0 radical (unpaired) electrons. The van der Waals surface area contributed by atoms with Crippen LogP contribution in [0.4, 0.5) is 0 Å². The zero-order chi connectivity index (χ0) is 15.5. The summed E-state index contributed by atoms with van der Waals surface area (Å²) in [5.74, 6) is 6.59. The Morgan fingerprint density at radius 2 is 1.60 bits per heavy atom. The number of benzene rings is 1. The predicted octanol–water partition coefficient (Wildman–Crippen LogP) is 1.86. The summed E-state index contributed by atoms with van der Waals surface area (Å²) in [5, 5.41) is 14.9. The van der Waals surface area contributed by atoms with E-state index < -0.39 is 0 Å². The third kappa shape index (κ3) is 4.04. The van der Waals surface area contributed by atoms with E-state index in [0.29, 0.717) is 22.8 Å². The van der Waals surface area contributed by atoms with Crippen molar-refractivity contribution in [3.05, 3.63) is 17.7 Å². The summed E-state index contributed by atoms with van der Waals surface area (Å²) in [6.07, 6.45) is 1.11. The fourth-order valence-corrected chi connectivity index (χ4v) is 1.47. The predicted molar refractivity (Wildman–Crippen MR) is 78.4 cm³/mol. The zero-order valence-electron chi connectivity index (χ0n) is 12.4. The molecule has 0 spiro atoms. The molecule has 0 atom stereocenters. The smallest absolute Gasteiger partial charge is 0.203 e. The van der Waals surface area contributed by atoms with Crippen molar-refractivity contribution >= 4 is 11.9 Å². The van der Waals surface area contributed by atoms with Gasteiger partial charge in [0.1, 0.15) is 5.71 Å². The van der Waals surface area contributed by atoms with Gasteiger partial charge in [-0.3, -0.25) is 0 Å². The summed E-state index contributed by atoms with van der Waals surface area (Å²) < 4.78 is 15.6. The van der Waals surface area contributed by atoms with Crippen molar-refractivity contribution in [2.75, 3.05) is 21.3 Å². The average Bonchev–Trinajstić information content (AvgIpc) is 2.52. The highest BCUT2D eigenvalue weighted by atomic mass is 16.5. The molecular formula is C13H21N3O4. The maximum absolute atomic E-state index is 8.53. The van der Waals surface area contributed by atoms with Gasteiger partial charge in [0.2, 0.25) is 5.75 Å². The van der Waals surface area contributed by atoms with Gasteiger partial charge in [-0.25, -0.2) is 0 Å². The highest BCUT2D eigenvalue weighted by Crippen LogP contribution is 2.38. The van der Waals surface area contributed by atoms with Crippen LogP contribution in [0.1, 0.15) is 19.4 Å². The second-order valence-corrected chi connectivity index (χ2v) is 3.17. The van der Waals surface area contributed by atoms with Crippen molar-refractivity contribution in [2.45, 2.75) is 13.8 Å². The molecule has 0 heterocycles. The normalized spacial score (nSPS) is 10.8. The van der Waals surface area contributed by atoms with E-state index in [0.717, 1.165) is 6.21 Å². The molecule has 0 saturated carbocycles. The fraction of sp³-hybridized carbons (Fsp3) is 0.385. The van der Waals surface area contributed by atoms with Gasteiger partial charge in [-0.15, -0.1) is 0 Å². The van der Waals surface area contributed by atoms with Crippen molar-refractivity contribution < 1.29 is 19.4 Å². The number of oxime groups is 1. The molecule has 0 aromatic heterocycles. The van der Waals surface area contributed by atoms with Gasteiger partial charge in [-0.1, -0.05) is 19.0 Å². The molecule has 112 valence electrons. The molecule has 0 aliphatic rings. The Bertz CT molecular complexity index is 448. The molecule has 7 nitrogen and oxygen atoms in total. The van der Waals surface area contributed by atoms with Gasteiger partial charge in [-0.2, -0.15) is 5.10 Å². The number of ether oxygens (including phenoxy) is 3. The number of hydrazone groups is 1. The van der Waals surface area contributed by atoms with Crippen LogP contribution in [0.2, 0.25) is 0 Å². The molecule has 3 N–H and O–H groups in total. The van der Waals surface area contributed by atoms with Crippen molar-refractivity contribution in [1.29, 1.82) is 0 Å². The summed E-state index contributed by atoms with van der Waals surface area (Å²) in [7, 11) is 4.51. The van der Waals surface area contributed by atoms with Crippen LogP contribution in [0, 0.1) is 0 Å². The molecule has 7 heteroatoms. The van der Waals surface area contributed by atoms with Crippen molar-refractivity contribution in [1.82, 2.24) is 0 Å². The molecule has 0 amide bonds. The third-order valence-electron chi connectivity index (χ3n) is 2.28. The Morgan fingerprint density at radius 1 is 1.10 bits per heavy atom. The highest BCUT2D eigenvalue weighted by Gasteiger charge is 2.15. The van der Waals surface area contributed by atoms with Gasteiger partial charge in [0.25, 0.3) is 0 Å². The third-order valence-corrected chi connectivity index (χ3v) is 2.28. The standard InChI is InChI=1S/C11H15N3O4.C2H6/c1-16-9-4-7(8(14-12)6-13-15)5-10(17-2)11(9)18-3;1-2/h4-6,15H,12H2,1-3H3;1-2H3/b13-6+,14-8+;. The molecule has 0 bridgehead atoms. The van der Waals surface area contributed by atoms with Crippen molar-refractivity contribution in [2.24, 2.45) is 16.1 Å². The minimum atomic E-state index is 0.275. The highest BCUT2D eigenvalue weighted by molar-refractivity contribution is 6.38. The van der Waals surface area contributed by atoms with Gasteiger partial charge < -0.3 is 25.3 Å². The number of hydrogen-bond donors (Lipinski definition) is 2. The van der Waals surface area contributed by atoms with E-state index in [-0.39, 0.29) is 5.71 Å². The van der Waals surface area contributed by atoms with Gasteiger partial charge in [0.15, 0.2) is 11.5 Å². The van der Waals surface area contributed by atoms with Crippen LogP contribution in [0.5, 0.6) is 17.2 Å². The number of hydrogen-bond acceptors (Lipinski definition) is 7. The first kappa shape index (κ1) is 17.6. The number of methoxy groups -OCH3 is 3. The van der Waals surface area contributed by atoms with E-state index in [1.165, 1.54) is 21.3 Å². The molecular weight excluding hydrogens is 262 g/mol. The van der Waals surface area contributed by atoms with Crippen LogP contribution in [-0.4, -0.2) is 38.5 Å². The van der Waals surface area contributed by atoms with Crippen molar-refractivity contribution in [3.63, 3.8) is 0 Å². The fourth-order valence-electron chi connectivity index (χ4n) is 1.47. The summed E-state index contributed by atoms with van der Waals surface area (Å²) in [6.45, 7) is 4.00.